The Hall–Kier alpha value is -1.46. The van der Waals surface area contributed by atoms with Crippen LogP contribution in [0, 0.1) is 6.92 Å². The van der Waals surface area contributed by atoms with E-state index in [0.29, 0.717) is 5.56 Å². The van der Waals surface area contributed by atoms with E-state index in [-0.39, 0.29) is 0 Å². The molecule has 0 saturated carbocycles. The van der Waals surface area contributed by atoms with E-state index < -0.39 is 12.1 Å². The second kappa shape index (κ2) is 3.60. The van der Waals surface area contributed by atoms with Gasteiger partial charge >= 0.3 is 5.97 Å². The second-order valence-electron chi connectivity index (χ2n) is 3.26. The first kappa shape index (κ1) is 10.1. The summed E-state index contributed by atoms with van der Waals surface area (Å²) in [4.78, 5) is 10.6. The number of aliphatic hydroxyl groups is 1. The molecule has 1 unspecified atom stereocenters. The second-order valence-corrected chi connectivity index (χ2v) is 4.07. The first-order valence-corrected chi connectivity index (χ1v) is 5.14. The monoisotopic (exact) mass is 223 g/mol. The molecule has 0 bridgehead atoms. The predicted octanol–water partition coefficient (Wildman–Crippen LogP) is 1.72. The van der Waals surface area contributed by atoms with Crippen molar-refractivity contribution in [1.29, 1.82) is 0 Å². The number of hydrogen-bond donors (Lipinski definition) is 2. The maximum absolute atomic E-state index is 10.6. The van der Waals surface area contributed by atoms with E-state index in [4.69, 9.17) is 5.11 Å². The molecular weight excluding hydrogens is 214 g/mol. The number of aromatic nitrogens is 1. The Kier molecular flexibility index (Phi) is 2.42. The van der Waals surface area contributed by atoms with E-state index in [1.54, 1.807) is 18.2 Å². The van der Waals surface area contributed by atoms with Crippen molar-refractivity contribution < 1.29 is 15.0 Å². The van der Waals surface area contributed by atoms with Gasteiger partial charge in [0.25, 0.3) is 0 Å². The van der Waals surface area contributed by atoms with Crippen LogP contribution in [-0.4, -0.2) is 20.6 Å². The van der Waals surface area contributed by atoms with Crippen LogP contribution >= 0.6 is 11.5 Å². The molecule has 0 aliphatic rings. The number of hydrogen-bond acceptors (Lipinski definition) is 4. The fourth-order valence-electron chi connectivity index (χ4n) is 1.39. The Morgan fingerprint density at radius 2 is 2.27 bits per heavy atom. The maximum Gasteiger partial charge on any atom is 0.337 e. The summed E-state index contributed by atoms with van der Waals surface area (Å²) >= 11 is 1.30. The van der Waals surface area contributed by atoms with Gasteiger partial charge in [-0.15, -0.1) is 0 Å². The lowest BCUT2D eigenvalue weighted by Crippen LogP contribution is -2.09. The molecule has 5 heteroatoms. The molecule has 1 atom stereocenters. The maximum atomic E-state index is 10.6. The number of rotatable bonds is 2. The largest absolute Gasteiger partial charge is 0.479 e. The van der Waals surface area contributed by atoms with Gasteiger partial charge in [0, 0.05) is 5.39 Å². The molecule has 4 nitrogen and oxygen atoms in total. The lowest BCUT2D eigenvalue weighted by molar-refractivity contribution is -0.146. The van der Waals surface area contributed by atoms with Gasteiger partial charge in [-0.25, -0.2) is 4.79 Å². The molecular formula is C10H9NO3S. The highest BCUT2D eigenvalue weighted by molar-refractivity contribution is 7.13. The van der Waals surface area contributed by atoms with E-state index in [9.17, 15) is 9.90 Å². The number of fused-ring (bicyclic) bond motifs is 1. The standard InChI is InChI=1S/C10H9NO3S/c1-5-7-3-2-6(9(12)10(13)14)4-8(7)15-11-5/h2-4,9,12H,1H3,(H,13,14). The average Bonchev–Trinajstić information content (AvgIpc) is 2.59. The Labute approximate surface area is 90.0 Å². The lowest BCUT2D eigenvalue weighted by atomic mass is 10.1. The van der Waals surface area contributed by atoms with Gasteiger partial charge in [0.05, 0.1) is 10.4 Å². The molecule has 2 N–H and O–H groups in total. The summed E-state index contributed by atoms with van der Waals surface area (Å²) in [7, 11) is 0. The molecule has 2 aromatic rings. The third-order valence-corrected chi connectivity index (χ3v) is 3.13. The van der Waals surface area contributed by atoms with E-state index in [2.05, 4.69) is 4.37 Å². The first-order valence-electron chi connectivity index (χ1n) is 4.36. The predicted molar refractivity (Wildman–Crippen MR) is 57.0 cm³/mol. The van der Waals surface area contributed by atoms with Gasteiger partial charge in [-0.05, 0) is 30.1 Å². The van der Waals surface area contributed by atoms with Crippen LogP contribution in [0.3, 0.4) is 0 Å². The van der Waals surface area contributed by atoms with Crippen LogP contribution in [0.4, 0.5) is 0 Å². The van der Waals surface area contributed by atoms with Gasteiger partial charge in [-0.1, -0.05) is 12.1 Å². The van der Waals surface area contributed by atoms with Crippen molar-refractivity contribution in [1.82, 2.24) is 4.37 Å². The van der Waals surface area contributed by atoms with Crippen molar-refractivity contribution in [2.45, 2.75) is 13.0 Å². The van der Waals surface area contributed by atoms with Crippen molar-refractivity contribution in [2.24, 2.45) is 0 Å². The van der Waals surface area contributed by atoms with Crippen LogP contribution in [0.25, 0.3) is 10.1 Å². The molecule has 1 aromatic carbocycles. The van der Waals surface area contributed by atoms with Gasteiger partial charge in [0.1, 0.15) is 0 Å². The van der Waals surface area contributed by atoms with Crippen molar-refractivity contribution in [3.63, 3.8) is 0 Å². The number of carbonyl (C=O) groups is 1. The molecule has 0 spiro atoms. The fourth-order valence-corrected chi connectivity index (χ4v) is 2.23. The number of aliphatic hydroxyl groups excluding tert-OH is 1. The molecule has 0 aliphatic carbocycles. The molecule has 78 valence electrons. The van der Waals surface area contributed by atoms with Gasteiger partial charge in [-0.3, -0.25) is 0 Å². The highest BCUT2D eigenvalue weighted by atomic mass is 32.1. The summed E-state index contributed by atoms with van der Waals surface area (Å²) in [6, 6.07) is 5.07. The third-order valence-electron chi connectivity index (χ3n) is 2.23. The Bertz CT molecular complexity index is 520. The average molecular weight is 223 g/mol. The van der Waals surface area contributed by atoms with E-state index in [1.807, 2.05) is 6.92 Å². The van der Waals surface area contributed by atoms with E-state index in [0.717, 1.165) is 15.8 Å². The summed E-state index contributed by atoms with van der Waals surface area (Å²) in [6.07, 6.45) is -1.46. The van der Waals surface area contributed by atoms with Crippen LogP contribution in [0.5, 0.6) is 0 Å². The fraction of sp³-hybridized carbons (Fsp3) is 0.200. The summed E-state index contributed by atoms with van der Waals surface area (Å²) in [6.45, 7) is 1.89. The normalized spacial score (nSPS) is 12.9. The minimum Gasteiger partial charge on any atom is -0.479 e. The van der Waals surface area contributed by atoms with Gasteiger partial charge in [-0.2, -0.15) is 4.37 Å². The molecule has 15 heavy (non-hydrogen) atoms. The smallest absolute Gasteiger partial charge is 0.337 e. The Morgan fingerprint density at radius 3 is 2.93 bits per heavy atom. The molecule has 2 rings (SSSR count). The summed E-state index contributed by atoms with van der Waals surface area (Å²) in [5, 5.41) is 19.0. The van der Waals surface area contributed by atoms with Gasteiger partial charge in [0.2, 0.25) is 0 Å². The van der Waals surface area contributed by atoms with Crippen LogP contribution < -0.4 is 0 Å². The first-order chi connectivity index (χ1) is 7.09. The zero-order valence-electron chi connectivity index (χ0n) is 7.97. The molecule has 0 radical (unpaired) electrons. The molecule has 0 amide bonds. The SMILES string of the molecule is Cc1nsc2cc(C(O)C(=O)O)ccc12. The molecule has 1 aromatic heterocycles. The van der Waals surface area contributed by atoms with Gasteiger partial charge < -0.3 is 10.2 Å². The van der Waals surface area contributed by atoms with Crippen LogP contribution in [0.2, 0.25) is 0 Å². The highest BCUT2D eigenvalue weighted by Crippen LogP contribution is 2.25. The van der Waals surface area contributed by atoms with Crippen molar-refractivity contribution in [2.75, 3.05) is 0 Å². The quantitative estimate of drug-likeness (QED) is 0.813. The topological polar surface area (TPSA) is 70.4 Å². The zero-order chi connectivity index (χ0) is 11.0. The van der Waals surface area contributed by atoms with E-state index >= 15 is 0 Å². The summed E-state index contributed by atoms with van der Waals surface area (Å²) < 4.78 is 5.05. The third kappa shape index (κ3) is 1.71. The van der Waals surface area contributed by atoms with Crippen molar-refractivity contribution in [3.8, 4) is 0 Å². The number of carboxylic acids is 1. The minimum atomic E-state index is -1.46. The summed E-state index contributed by atoms with van der Waals surface area (Å²) in [5.41, 5.74) is 1.31. The number of carboxylic acid groups (broad SMARTS) is 1. The Balaban J connectivity index is 2.52. The number of aliphatic carboxylic acids is 1. The van der Waals surface area contributed by atoms with Crippen molar-refractivity contribution in [3.05, 3.63) is 29.5 Å². The summed E-state index contributed by atoms with van der Waals surface area (Å²) in [5.74, 6) is -1.24. The zero-order valence-corrected chi connectivity index (χ0v) is 8.78. The Morgan fingerprint density at radius 1 is 1.53 bits per heavy atom. The highest BCUT2D eigenvalue weighted by Gasteiger charge is 2.16. The number of aryl methyl sites for hydroxylation is 1. The molecule has 0 aliphatic heterocycles. The number of nitrogens with zero attached hydrogens (tertiary/aromatic N) is 1. The molecule has 0 saturated heterocycles. The number of benzene rings is 1. The molecule has 0 fully saturated rings. The van der Waals surface area contributed by atoms with Crippen LogP contribution in [0.1, 0.15) is 17.4 Å². The van der Waals surface area contributed by atoms with Crippen LogP contribution in [0.15, 0.2) is 18.2 Å². The van der Waals surface area contributed by atoms with Gasteiger partial charge in [0.15, 0.2) is 6.10 Å². The minimum absolute atomic E-state index is 0.388. The van der Waals surface area contributed by atoms with E-state index in [1.165, 1.54) is 11.5 Å². The lowest BCUT2D eigenvalue weighted by Gasteiger charge is -2.04. The van der Waals surface area contributed by atoms with Crippen molar-refractivity contribution >= 4 is 27.6 Å². The molecule has 1 heterocycles. The van der Waals surface area contributed by atoms with Crippen LogP contribution in [-0.2, 0) is 4.79 Å².